The fourth-order valence-electron chi connectivity index (χ4n) is 4.09. The Balaban J connectivity index is 1.54. The Bertz CT molecular complexity index is 1190. The first-order chi connectivity index (χ1) is 13.8. The summed E-state index contributed by atoms with van der Waals surface area (Å²) >= 11 is 0. The average molecular weight is 368 g/mol. The highest BCUT2D eigenvalue weighted by atomic mass is 16.1. The highest BCUT2D eigenvalue weighted by Gasteiger charge is 2.36. The largest absolute Gasteiger partial charge is 0.349 e. The lowest BCUT2D eigenvalue weighted by atomic mass is 10.00. The van der Waals surface area contributed by atoms with Gasteiger partial charge in [0.05, 0.1) is 11.2 Å². The highest BCUT2D eigenvalue weighted by molar-refractivity contribution is 6.18. The third-order valence-corrected chi connectivity index (χ3v) is 5.99. The van der Waals surface area contributed by atoms with E-state index in [0.29, 0.717) is 23.4 Å². The molecular formula is C23H20N4O. The summed E-state index contributed by atoms with van der Waals surface area (Å²) in [6, 6.07) is 8.14. The summed E-state index contributed by atoms with van der Waals surface area (Å²) in [5.41, 5.74) is 3.49. The molecule has 1 aromatic carbocycles. The molecule has 1 amide bonds. The molecule has 3 aromatic rings. The summed E-state index contributed by atoms with van der Waals surface area (Å²) in [6.45, 7) is 0.906. The second-order valence-corrected chi connectivity index (χ2v) is 8.14. The lowest BCUT2D eigenvalue weighted by Gasteiger charge is -2.11. The molecule has 138 valence electrons. The summed E-state index contributed by atoms with van der Waals surface area (Å²) in [6.07, 6.45) is 11.4. The van der Waals surface area contributed by atoms with E-state index in [2.05, 4.69) is 21.4 Å². The van der Waals surface area contributed by atoms with Crippen molar-refractivity contribution in [2.45, 2.75) is 25.3 Å². The minimum absolute atomic E-state index is 0.0184. The maximum atomic E-state index is 12.5. The Morgan fingerprint density at radius 3 is 2.93 bits per heavy atom. The second-order valence-electron chi connectivity index (χ2n) is 8.14. The van der Waals surface area contributed by atoms with Crippen LogP contribution in [0.3, 0.4) is 0 Å². The van der Waals surface area contributed by atoms with Crippen LogP contribution < -0.4 is 5.32 Å². The van der Waals surface area contributed by atoms with Gasteiger partial charge in [-0.05, 0) is 49.3 Å². The summed E-state index contributed by atoms with van der Waals surface area (Å²) in [5, 5.41) is 6.21. The number of aromatic nitrogens is 2. The number of amides is 1. The SMILES string of the molecule is O=C(NC1CC1)c1ccc2c(c1)nc(C1=CC3CC3CN=C1)c1ccncc12. The number of fused-ring (bicyclic) bond motifs is 4. The van der Waals surface area contributed by atoms with Gasteiger partial charge in [-0.15, -0.1) is 0 Å². The molecule has 5 heteroatoms. The second kappa shape index (κ2) is 5.96. The van der Waals surface area contributed by atoms with Gasteiger partial charge in [0.25, 0.3) is 5.91 Å². The zero-order valence-corrected chi connectivity index (χ0v) is 15.4. The molecule has 2 fully saturated rings. The summed E-state index contributed by atoms with van der Waals surface area (Å²) in [4.78, 5) is 26.4. The van der Waals surface area contributed by atoms with Crippen molar-refractivity contribution in [2.75, 3.05) is 6.54 Å². The van der Waals surface area contributed by atoms with Gasteiger partial charge >= 0.3 is 0 Å². The molecule has 2 saturated carbocycles. The number of allylic oxidation sites excluding steroid dienone is 2. The van der Waals surface area contributed by atoms with Crippen LogP contribution in [0, 0.1) is 11.8 Å². The molecule has 0 radical (unpaired) electrons. The van der Waals surface area contributed by atoms with Crippen molar-refractivity contribution in [3.05, 3.63) is 54.0 Å². The van der Waals surface area contributed by atoms with E-state index in [-0.39, 0.29) is 5.91 Å². The summed E-state index contributed by atoms with van der Waals surface area (Å²) in [5.74, 6) is 1.29. The molecule has 0 saturated heterocycles. The van der Waals surface area contributed by atoms with Gasteiger partial charge in [-0.3, -0.25) is 14.8 Å². The van der Waals surface area contributed by atoms with Gasteiger partial charge in [-0.25, -0.2) is 4.98 Å². The van der Waals surface area contributed by atoms with E-state index >= 15 is 0 Å². The Kier molecular flexibility index (Phi) is 3.39. The van der Waals surface area contributed by atoms with E-state index < -0.39 is 0 Å². The van der Waals surface area contributed by atoms with E-state index in [4.69, 9.17) is 4.98 Å². The first-order valence-electron chi connectivity index (χ1n) is 9.96. The minimum Gasteiger partial charge on any atom is -0.349 e. The van der Waals surface area contributed by atoms with Crippen LogP contribution in [-0.2, 0) is 0 Å². The van der Waals surface area contributed by atoms with Crippen LogP contribution in [-0.4, -0.2) is 34.7 Å². The number of hydrogen-bond donors (Lipinski definition) is 1. The minimum atomic E-state index is -0.0184. The van der Waals surface area contributed by atoms with E-state index in [0.717, 1.165) is 52.3 Å². The molecule has 5 nitrogen and oxygen atoms in total. The number of aliphatic imine (C=N–C) groups is 1. The van der Waals surface area contributed by atoms with Crippen LogP contribution in [0.4, 0.5) is 0 Å². The molecule has 1 N–H and O–H groups in total. The molecule has 3 aliphatic rings. The molecule has 1 aliphatic heterocycles. The van der Waals surface area contributed by atoms with Gasteiger partial charge < -0.3 is 5.32 Å². The molecule has 28 heavy (non-hydrogen) atoms. The van der Waals surface area contributed by atoms with Crippen LogP contribution in [0.2, 0.25) is 0 Å². The fraction of sp³-hybridized carbons (Fsp3) is 0.304. The molecule has 2 aliphatic carbocycles. The zero-order valence-electron chi connectivity index (χ0n) is 15.4. The number of nitrogens with one attached hydrogen (secondary N) is 1. The standard InChI is InChI=1S/C23H20N4O/c28-23(26-17-2-3-17)13-1-4-18-20-12-24-6-5-19(20)22(27-21(18)9-13)16-8-14-7-15(14)10-25-11-16/h1,4-6,8-9,11-12,14-15,17H,2-3,7,10H2,(H,26,28). The van der Waals surface area contributed by atoms with Gasteiger partial charge in [0.1, 0.15) is 0 Å². The Morgan fingerprint density at radius 1 is 1.11 bits per heavy atom. The van der Waals surface area contributed by atoms with Crippen molar-refractivity contribution in [2.24, 2.45) is 16.8 Å². The van der Waals surface area contributed by atoms with Crippen molar-refractivity contribution in [3.63, 3.8) is 0 Å². The van der Waals surface area contributed by atoms with Crippen molar-refractivity contribution in [3.8, 4) is 0 Å². The van der Waals surface area contributed by atoms with E-state index in [9.17, 15) is 4.79 Å². The van der Waals surface area contributed by atoms with Crippen LogP contribution in [0.25, 0.3) is 27.2 Å². The number of rotatable bonds is 3. The van der Waals surface area contributed by atoms with Gasteiger partial charge in [0.2, 0.25) is 0 Å². The molecule has 3 heterocycles. The van der Waals surface area contributed by atoms with E-state index in [1.54, 1.807) is 0 Å². The monoisotopic (exact) mass is 368 g/mol. The lowest BCUT2D eigenvalue weighted by Crippen LogP contribution is -2.25. The molecular weight excluding hydrogens is 348 g/mol. The lowest BCUT2D eigenvalue weighted by molar-refractivity contribution is 0.0951. The quantitative estimate of drug-likeness (QED) is 0.716. The van der Waals surface area contributed by atoms with Gasteiger partial charge in [-0.2, -0.15) is 0 Å². The number of carbonyl (C=O) groups excluding carboxylic acids is 1. The fourth-order valence-corrected chi connectivity index (χ4v) is 4.09. The summed E-state index contributed by atoms with van der Waals surface area (Å²) < 4.78 is 0. The Morgan fingerprint density at radius 2 is 2.04 bits per heavy atom. The number of pyridine rings is 2. The molecule has 6 rings (SSSR count). The summed E-state index contributed by atoms with van der Waals surface area (Å²) in [7, 11) is 0. The first kappa shape index (κ1) is 15.9. The predicted molar refractivity (Wildman–Crippen MR) is 110 cm³/mol. The van der Waals surface area contributed by atoms with Crippen molar-refractivity contribution < 1.29 is 4.79 Å². The molecule has 2 unspecified atom stereocenters. The number of carbonyl (C=O) groups is 1. The number of benzene rings is 1. The molecule has 0 bridgehead atoms. The third kappa shape index (κ3) is 2.70. The van der Waals surface area contributed by atoms with Crippen LogP contribution >= 0.6 is 0 Å². The van der Waals surface area contributed by atoms with Gasteiger partial charge in [-0.1, -0.05) is 12.1 Å². The average Bonchev–Trinajstić information content (AvgIpc) is 3.61. The van der Waals surface area contributed by atoms with Gasteiger partial charge in [0.15, 0.2) is 0 Å². The van der Waals surface area contributed by atoms with Crippen molar-refractivity contribution in [1.29, 1.82) is 0 Å². The van der Waals surface area contributed by atoms with Crippen molar-refractivity contribution >= 4 is 39.4 Å². The topological polar surface area (TPSA) is 67.2 Å². The number of nitrogens with zero attached hydrogens (tertiary/aromatic N) is 3. The van der Waals surface area contributed by atoms with E-state index in [1.165, 1.54) is 6.42 Å². The number of hydrogen-bond acceptors (Lipinski definition) is 4. The Hall–Kier alpha value is -3.08. The highest BCUT2D eigenvalue weighted by Crippen LogP contribution is 2.43. The van der Waals surface area contributed by atoms with E-state index in [1.807, 2.05) is 42.9 Å². The molecule has 2 atom stereocenters. The zero-order chi connectivity index (χ0) is 18.7. The van der Waals surface area contributed by atoms with Crippen LogP contribution in [0.1, 0.15) is 35.3 Å². The first-order valence-corrected chi connectivity index (χ1v) is 9.96. The maximum absolute atomic E-state index is 12.5. The smallest absolute Gasteiger partial charge is 0.251 e. The molecule has 2 aromatic heterocycles. The van der Waals surface area contributed by atoms with Gasteiger partial charge in [0, 0.05) is 58.5 Å². The molecule has 0 spiro atoms. The predicted octanol–water partition coefficient (Wildman–Crippen LogP) is 3.78. The normalized spacial score (nSPS) is 23.2. The van der Waals surface area contributed by atoms with Crippen LogP contribution in [0.15, 0.2) is 47.7 Å². The van der Waals surface area contributed by atoms with Crippen molar-refractivity contribution in [1.82, 2.24) is 15.3 Å². The maximum Gasteiger partial charge on any atom is 0.251 e. The third-order valence-electron chi connectivity index (χ3n) is 5.99. The Labute approximate surface area is 162 Å². The van der Waals surface area contributed by atoms with Crippen LogP contribution in [0.5, 0.6) is 0 Å².